The zero-order valence-corrected chi connectivity index (χ0v) is 16.5. The lowest BCUT2D eigenvalue weighted by Gasteiger charge is -2.23. The minimum Gasteiger partial charge on any atom is -0.493 e. The molecule has 0 atom stereocenters. The fraction of sp³-hybridized carbons (Fsp3) is 0.182. The first kappa shape index (κ1) is 19.7. The number of carbonyl (C=O) groups is 1. The molecular weight excluding hydrogens is 376 g/mol. The summed E-state index contributed by atoms with van der Waals surface area (Å²) in [5.41, 5.74) is 2.55. The van der Waals surface area contributed by atoms with Gasteiger partial charge >= 0.3 is 0 Å². The fourth-order valence-electron chi connectivity index (χ4n) is 2.71. The van der Waals surface area contributed by atoms with Crippen molar-refractivity contribution in [2.75, 3.05) is 18.6 Å². The van der Waals surface area contributed by atoms with Crippen molar-refractivity contribution in [1.29, 1.82) is 0 Å². The Morgan fingerprint density at radius 2 is 1.86 bits per heavy atom. The number of benzene rings is 2. The normalized spacial score (nSPS) is 10.4. The van der Waals surface area contributed by atoms with Crippen LogP contribution in [0, 0.1) is 6.92 Å². The standard InChI is InChI=1S/C22H21ClN2O3/c1-16-6-11-20(21(13-16)27-2)28-15-22(26)25(14-18-5-3-4-12-24-18)19-9-7-17(23)8-10-19/h3-13H,14-15H2,1-2H3. The van der Waals surface area contributed by atoms with Crippen LogP contribution in [0.5, 0.6) is 11.5 Å². The molecule has 1 aromatic heterocycles. The second-order valence-electron chi connectivity index (χ2n) is 6.22. The molecule has 0 aliphatic carbocycles. The number of pyridine rings is 1. The summed E-state index contributed by atoms with van der Waals surface area (Å²) in [4.78, 5) is 18.9. The number of hydrogen-bond donors (Lipinski definition) is 0. The van der Waals surface area contributed by atoms with Gasteiger partial charge in [0.2, 0.25) is 0 Å². The smallest absolute Gasteiger partial charge is 0.265 e. The Hall–Kier alpha value is -3.05. The lowest BCUT2D eigenvalue weighted by molar-refractivity contribution is -0.120. The van der Waals surface area contributed by atoms with Gasteiger partial charge in [-0.25, -0.2) is 0 Å². The lowest BCUT2D eigenvalue weighted by atomic mass is 10.2. The van der Waals surface area contributed by atoms with E-state index in [1.54, 1.807) is 48.5 Å². The summed E-state index contributed by atoms with van der Waals surface area (Å²) in [6.07, 6.45) is 1.70. The number of rotatable bonds is 7. The average Bonchev–Trinajstić information content (AvgIpc) is 2.72. The first-order valence-electron chi connectivity index (χ1n) is 8.80. The van der Waals surface area contributed by atoms with Gasteiger partial charge in [-0.3, -0.25) is 9.78 Å². The first-order valence-corrected chi connectivity index (χ1v) is 9.18. The Labute approximate surface area is 169 Å². The number of ether oxygens (including phenoxy) is 2. The van der Waals surface area contributed by atoms with Crippen LogP contribution in [0.1, 0.15) is 11.3 Å². The molecule has 0 aliphatic rings. The highest BCUT2D eigenvalue weighted by Crippen LogP contribution is 2.28. The Morgan fingerprint density at radius 3 is 2.54 bits per heavy atom. The van der Waals surface area contributed by atoms with E-state index in [2.05, 4.69) is 4.98 Å². The van der Waals surface area contributed by atoms with E-state index >= 15 is 0 Å². The zero-order valence-electron chi connectivity index (χ0n) is 15.8. The van der Waals surface area contributed by atoms with Gasteiger partial charge in [-0.15, -0.1) is 0 Å². The summed E-state index contributed by atoms with van der Waals surface area (Å²) in [7, 11) is 1.57. The third-order valence-electron chi connectivity index (χ3n) is 4.16. The molecule has 0 bridgehead atoms. The molecule has 0 N–H and O–H groups in total. The van der Waals surface area contributed by atoms with Crippen molar-refractivity contribution in [3.63, 3.8) is 0 Å². The molecule has 0 unspecified atom stereocenters. The van der Waals surface area contributed by atoms with Crippen LogP contribution in [0.2, 0.25) is 5.02 Å². The second-order valence-corrected chi connectivity index (χ2v) is 6.66. The van der Waals surface area contributed by atoms with E-state index in [-0.39, 0.29) is 12.5 Å². The van der Waals surface area contributed by atoms with Crippen LogP contribution in [-0.4, -0.2) is 24.6 Å². The van der Waals surface area contributed by atoms with E-state index in [0.717, 1.165) is 16.9 Å². The highest BCUT2D eigenvalue weighted by molar-refractivity contribution is 6.30. The maximum absolute atomic E-state index is 13.0. The molecule has 0 saturated heterocycles. The monoisotopic (exact) mass is 396 g/mol. The molecule has 5 nitrogen and oxygen atoms in total. The third kappa shape index (κ3) is 5.02. The number of aryl methyl sites for hydroxylation is 1. The average molecular weight is 397 g/mol. The van der Waals surface area contributed by atoms with Crippen LogP contribution in [-0.2, 0) is 11.3 Å². The fourth-order valence-corrected chi connectivity index (χ4v) is 2.84. The molecule has 28 heavy (non-hydrogen) atoms. The van der Waals surface area contributed by atoms with Crippen molar-refractivity contribution in [1.82, 2.24) is 4.98 Å². The summed E-state index contributed by atoms with van der Waals surface area (Å²) in [5, 5.41) is 0.606. The molecule has 2 aromatic carbocycles. The van der Waals surface area contributed by atoms with Gasteiger partial charge in [-0.2, -0.15) is 0 Å². The van der Waals surface area contributed by atoms with Crippen LogP contribution in [0.15, 0.2) is 66.9 Å². The van der Waals surface area contributed by atoms with Crippen molar-refractivity contribution in [2.45, 2.75) is 13.5 Å². The highest BCUT2D eigenvalue weighted by Gasteiger charge is 2.18. The molecule has 0 aliphatic heterocycles. The summed E-state index contributed by atoms with van der Waals surface area (Å²) in [5.74, 6) is 0.918. The molecule has 0 spiro atoms. The summed E-state index contributed by atoms with van der Waals surface area (Å²) < 4.78 is 11.1. The van der Waals surface area contributed by atoms with E-state index in [9.17, 15) is 4.79 Å². The second kappa shape index (κ2) is 9.24. The predicted molar refractivity (Wildman–Crippen MR) is 110 cm³/mol. The summed E-state index contributed by atoms with van der Waals surface area (Å²) in [6, 6.07) is 18.3. The Morgan fingerprint density at radius 1 is 1.07 bits per heavy atom. The predicted octanol–water partition coefficient (Wildman–Crippen LogP) is 4.66. The number of nitrogens with zero attached hydrogens (tertiary/aromatic N) is 2. The number of methoxy groups -OCH3 is 1. The van der Waals surface area contributed by atoms with Crippen molar-refractivity contribution in [3.05, 3.63) is 83.1 Å². The van der Waals surface area contributed by atoms with Crippen molar-refractivity contribution in [2.24, 2.45) is 0 Å². The first-order chi connectivity index (χ1) is 13.6. The Kier molecular flexibility index (Phi) is 6.50. The van der Waals surface area contributed by atoms with Crippen LogP contribution in [0.4, 0.5) is 5.69 Å². The SMILES string of the molecule is COc1cc(C)ccc1OCC(=O)N(Cc1ccccn1)c1ccc(Cl)cc1. The molecule has 1 amide bonds. The Balaban J connectivity index is 1.79. The van der Waals surface area contributed by atoms with E-state index in [4.69, 9.17) is 21.1 Å². The van der Waals surface area contributed by atoms with Gasteiger partial charge in [-0.1, -0.05) is 23.7 Å². The third-order valence-corrected chi connectivity index (χ3v) is 4.41. The molecule has 0 radical (unpaired) electrons. The van der Waals surface area contributed by atoms with Gasteiger partial charge in [-0.05, 0) is 61.0 Å². The quantitative estimate of drug-likeness (QED) is 0.582. The van der Waals surface area contributed by atoms with Gasteiger partial charge < -0.3 is 14.4 Å². The molecule has 1 heterocycles. The van der Waals surface area contributed by atoms with E-state index in [1.165, 1.54) is 0 Å². The summed E-state index contributed by atoms with van der Waals surface area (Å²) in [6.45, 7) is 2.16. The number of hydrogen-bond acceptors (Lipinski definition) is 4. The van der Waals surface area contributed by atoms with Crippen molar-refractivity contribution < 1.29 is 14.3 Å². The van der Waals surface area contributed by atoms with E-state index < -0.39 is 0 Å². The number of anilines is 1. The number of carbonyl (C=O) groups excluding carboxylic acids is 1. The van der Waals surface area contributed by atoms with Gasteiger partial charge in [0.05, 0.1) is 19.3 Å². The Bertz CT molecular complexity index is 930. The largest absolute Gasteiger partial charge is 0.493 e. The molecule has 144 valence electrons. The molecule has 3 aromatic rings. The topological polar surface area (TPSA) is 51.7 Å². The number of aromatic nitrogens is 1. The van der Waals surface area contributed by atoms with Crippen molar-refractivity contribution >= 4 is 23.2 Å². The maximum Gasteiger partial charge on any atom is 0.265 e. The van der Waals surface area contributed by atoms with Crippen LogP contribution < -0.4 is 14.4 Å². The number of halogens is 1. The van der Waals surface area contributed by atoms with Crippen LogP contribution in [0.25, 0.3) is 0 Å². The molecular formula is C22H21ClN2O3. The molecule has 0 fully saturated rings. The van der Waals surface area contributed by atoms with Crippen LogP contribution >= 0.6 is 11.6 Å². The molecule has 3 rings (SSSR count). The zero-order chi connectivity index (χ0) is 19.9. The molecule has 0 saturated carbocycles. The van der Waals surface area contributed by atoms with Gasteiger partial charge in [0, 0.05) is 16.9 Å². The minimum atomic E-state index is -0.199. The lowest BCUT2D eigenvalue weighted by Crippen LogP contribution is -2.34. The van der Waals surface area contributed by atoms with Crippen LogP contribution in [0.3, 0.4) is 0 Å². The van der Waals surface area contributed by atoms with Crippen molar-refractivity contribution in [3.8, 4) is 11.5 Å². The summed E-state index contributed by atoms with van der Waals surface area (Å²) >= 11 is 5.99. The van der Waals surface area contributed by atoms with E-state index in [1.807, 2.05) is 37.3 Å². The maximum atomic E-state index is 13.0. The van der Waals surface area contributed by atoms with Gasteiger partial charge in [0.25, 0.3) is 5.91 Å². The molecule has 6 heteroatoms. The van der Waals surface area contributed by atoms with E-state index in [0.29, 0.717) is 23.1 Å². The highest BCUT2D eigenvalue weighted by atomic mass is 35.5. The van der Waals surface area contributed by atoms with Gasteiger partial charge in [0.15, 0.2) is 18.1 Å². The minimum absolute atomic E-state index is 0.130. The number of amides is 1. The van der Waals surface area contributed by atoms with Gasteiger partial charge in [0.1, 0.15) is 0 Å².